The van der Waals surface area contributed by atoms with Gasteiger partial charge in [0.2, 0.25) is 21.8 Å². The van der Waals surface area contributed by atoms with Crippen molar-refractivity contribution in [3.63, 3.8) is 0 Å². The Morgan fingerprint density at radius 2 is 1.79 bits per heavy atom. The van der Waals surface area contributed by atoms with E-state index in [4.69, 9.17) is 9.47 Å². The number of amides is 5. The minimum atomic E-state index is -3.92. The molecule has 3 N–H and O–H groups in total. The first-order valence-corrected chi connectivity index (χ1v) is 20.4. The maximum absolute atomic E-state index is 14.4. The smallest absolute Gasteiger partial charge is 0.410 e. The number of fused-ring (bicyclic) bond motifs is 3. The van der Waals surface area contributed by atoms with Crippen LogP contribution in [0.25, 0.3) is 0 Å². The van der Waals surface area contributed by atoms with E-state index < -0.39 is 80.6 Å². The fourth-order valence-electron chi connectivity index (χ4n) is 8.16. The summed E-state index contributed by atoms with van der Waals surface area (Å²) in [5, 5.41) is 4.90. The zero-order chi connectivity index (χ0) is 37.5. The number of alkyl carbamates (subject to hydrolysis) is 1. The highest BCUT2D eigenvalue weighted by molar-refractivity contribution is 7.91. The van der Waals surface area contributed by atoms with E-state index >= 15 is 0 Å². The van der Waals surface area contributed by atoms with Crippen LogP contribution in [0.3, 0.4) is 0 Å². The molecule has 3 aliphatic heterocycles. The largest absolute Gasteiger partial charge is 0.446 e. The van der Waals surface area contributed by atoms with Crippen LogP contribution in [0.5, 0.6) is 0 Å². The number of nitrogens with one attached hydrogen (secondary N) is 3. The topological polar surface area (TPSA) is 181 Å². The molecule has 1 aromatic rings. The Hall–Kier alpha value is -4.21. The van der Waals surface area contributed by atoms with Crippen molar-refractivity contribution >= 4 is 39.9 Å². The quantitative estimate of drug-likeness (QED) is 0.366. The van der Waals surface area contributed by atoms with E-state index in [-0.39, 0.29) is 45.0 Å². The Labute approximate surface area is 308 Å². The highest BCUT2D eigenvalue weighted by atomic mass is 32.2. The van der Waals surface area contributed by atoms with Crippen LogP contribution in [0.4, 0.5) is 14.0 Å². The van der Waals surface area contributed by atoms with Gasteiger partial charge in [0.1, 0.15) is 35.6 Å². The first kappa shape index (κ1) is 37.1. The third kappa shape index (κ3) is 8.16. The first-order chi connectivity index (χ1) is 25.3. The van der Waals surface area contributed by atoms with Crippen molar-refractivity contribution in [2.45, 2.75) is 132 Å². The van der Waals surface area contributed by atoms with Crippen molar-refractivity contribution in [3.8, 4) is 0 Å². The predicted octanol–water partition coefficient (Wildman–Crippen LogP) is 3.53. The van der Waals surface area contributed by atoms with Gasteiger partial charge in [0.05, 0.1) is 18.3 Å². The highest BCUT2D eigenvalue weighted by Crippen LogP contribution is 2.46. The molecule has 1 aromatic carbocycles. The lowest BCUT2D eigenvalue weighted by molar-refractivity contribution is -0.141. The van der Waals surface area contributed by atoms with Gasteiger partial charge >= 0.3 is 12.2 Å². The Morgan fingerprint density at radius 3 is 2.53 bits per heavy atom. The number of carbonyl (C=O) groups is 5. The summed E-state index contributed by atoms with van der Waals surface area (Å²) in [6.45, 7) is 2.05. The molecule has 288 valence electrons. The van der Waals surface area contributed by atoms with Gasteiger partial charge in [-0.3, -0.25) is 24.0 Å². The summed E-state index contributed by atoms with van der Waals surface area (Å²) in [5.41, 5.74) is -0.500. The Bertz CT molecular complexity index is 1790. The fraction of sp³-hybridized carbons (Fsp3) is 0.649. The van der Waals surface area contributed by atoms with Crippen LogP contribution in [-0.2, 0) is 47.0 Å². The SMILES string of the molecule is C[C@@H]1CC[C@@H](OC(=O)N[C@H]2CCCCC/C=C\[C@@H]3C[C@@]3(C(=O)NS(=O)(=O)C3CC3)NC(=O)[C@@H]3C[C@@H](OC(=O)N4Cc5cccc(F)c5C4)CN3C2=O)C1. The van der Waals surface area contributed by atoms with Gasteiger partial charge in [0.15, 0.2) is 0 Å². The normalized spacial score (nSPS) is 32.3. The number of hydrogen-bond donors (Lipinski definition) is 3. The molecule has 0 unspecified atom stereocenters. The second-order valence-electron chi connectivity index (χ2n) is 15.6. The van der Waals surface area contributed by atoms with Gasteiger partial charge in [-0.15, -0.1) is 0 Å². The summed E-state index contributed by atoms with van der Waals surface area (Å²) in [6, 6.07) is 2.36. The van der Waals surface area contributed by atoms with Crippen LogP contribution >= 0.6 is 0 Å². The molecule has 4 fully saturated rings. The van der Waals surface area contributed by atoms with Gasteiger partial charge in [-0.2, -0.15) is 0 Å². The van der Waals surface area contributed by atoms with E-state index in [0.717, 1.165) is 32.1 Å². The molecule has 16 heteroatoms. The van der Waals surface area contributed by atoms with Crippen LogP contribution < -0.4 is 15.4 Å². The maximum atomic E-state index is 14.4. The zero-order valence-corrected chi connectivity index (χ0v) is 30.7. The van der Waals surface area contributed by atoms with E-state index in [1.165, 1.54) is 15.9 Å². The number of nitrogens with zero attached hydrogens (tertiary/aromatic N) is 2. The first-order valence-electron chi connectivity index (χ1n) is 18.9. The average Bonchev–Trinajstić information content (AvgIpc) is 3.93. The van der Waals surface area contributed by atoms with Crippen molar-refractivity contribution in [1.82, 2.24) is 25.2 Å². The lowest BCUT2D eigenvalue weighted by Gasteiger charge is -2.30. The summed E-state index contributed by atoms with van der Waals surface area (Å²) in [4.78, 5) is 71.4. The number of hydrogen-bond acceptors (Lipinski definition) is 9. The molecule has 3 aliphatic carbocycles. The highest BCUT2D eigenvalue weighted by Gasteiger charge is 2.62. The van der Waals surface area contributed by atoms with Crippen LogP contribution in [0.1, 0.15) is 95.1 Å². The standard InChI is InChI=1S/C37H48FN5O9S/c1-22-12-13-25(16-22)51-35(47)39-30-11-6-4-2-3-5-9-24-18-37(24,34(46)41-53(49,50)27-14-15-27)40-32(44)31-17-26(20-43(31)33(30)45)52-36(48)42-19-23-8-7-10-29(38)28(23)21-42/h5,7-10,22,24-27,30-31H,2-4,6,11-21H2,1H3,(H,39,47)(H,40,44)(H,41,46)/b9-5-/t22-,24-,25-,26-,30+,31+,37-/m1/s1. The fourth-order valence-corrected chi connectivity index (χ4v) is 9.53. The maximum Gasteiger partial charge on any atom is 0.410 e. The number of carbonyl (C=O) groups excluding carboxylic acids is 5. The molecule has 14 nitrogen and oxygen atoms in total. The van der Waals surface area contributed by atoms with Crippen molar-refractivity contribution in [1.29, 1.82) is 0 Å². The molecule has 7 atom stereocenters. The summed E-state index contributed by atoms with van der Waals surface area (Å²) in [6.07, 6.45) is 7.48. The summed E-state index contributed by atoms with van der Waals surface area (Å²) in [7, 11) is -3.92. The summed E-state index contributed by atoms with van der Waals surface area (Å²) >= 11 is 0. The third-order valence-corrected chi connectivity index (χ3v) is 13.3. The monoisotopic (exact) mass is 757 g/mol. The van der Waals surface area contributed by atoms with Crippen molar-refractivity contribution < 1.29 is 46.3 Å². The van der Waals surface area contributed by atoms with E-state index in [1.807, 2.05) is 12.2 Å². The number of allylic oxidation sites excluding steroid dienone is 1. The lowest BCUT2D eigenvalue weighted by Crippen LogP contribution is -2.58. The lowest BCUT2D eigenvalue weighted by atomic mass is 10.0. The average molecular weight is 758 g/mol. The molecule has 0 bridgehead atoms. The number of rotatable bonds is 6. The van der Waals surface area contributed by atoms with E-state index in [0.29, 0.717) is 42.7 Å². The Morgan fingerprint density at radius 1 is 0.981 bits per heavy atom. The van der Waals surface area contributed by atoms with Gasteiger partial charge in [0.25, 0.3) is 5.91 Å². The number of ether oxygens (including phenoxy) is 2. The van der Waals surface area contributed by atoms with Gasteiger partial charge in [-0.05, 0) is 75.3 Å². The summed E-state index contributed by atoms with van der Waals surface area (Å²) < 4.78 is 53.7. The van der Waals surface area contributed by atoms with Crippen molar-refractivity contribution in [3.05, 3.63) is 47.3 Å². The Balaban J connectivity index is 1.12. The molecular formula is C37H48FN5O9S. The molecule has 6 aliphatic rings. The second-order valence-corrected chi connectivity index (χ2v) is 17.6. The molecule has 53 heavy (non-hydrogen) atoms. The molecule has 0 radical (unpaired) electrons. The molecule has 0 aromatic heterocycles. The summed E-state index contributed by atoms with van der Waals surface area (Å²) in [5.74, 6) is -2.58. The van der Waals surface area contributed by atoms with Gasteiger partial charge in [-0.1, -0.05) is 44.1 Å². The molecular weight excluding hydrogens is 709 g/mol. The van der Waals surface area contributed by atoms with Crippen LogP contribution in [0, 0.1) is 17.7 Å². The van der Waals surface area contributed by atoms with Gasteiger partial charge in [-0.25, -0.2) is 22.4 Å². The molecule has 0 spiro atoms. The van der Waals surface area contributed by atoms with Crippen molar-refractivity contribution in [2.75, 3.05) is 6.54 Å². The van der Waals surface area contributed by atoms with Crippen LogP contribution in [-0.4, -0.2) is 89.8 Å². The van der Waals surface area contributed by atoms with Gasteiger partial charge in [0, 0.05) is 24.4 Å². The number of sulfonamides is 1. The van der Waals surface area contributed by atoms with Gasteiger partial charge < -0.3 is 25.0 Å². The number of benzene rings is 1. The molecule has 5 amide bonds. The van der Waals surface area contributed by atoms with E-state index in [1.54, 1.807) is 12.1 Å². The third-order valence-electron chi connectivity index (χ3n) is 11.5. The zero-order valence-electron chi connectivity index (χ0n) is 29.9. The molecule has 1 saturated heterocycles. The molecule has 7 rings (SSSR count). The molecule has 3 saturated carbocycles. The van der Waals surface area contributed by atoms with Crippen LogP contribution in [0.2, 0.25) is 0 Å². The second kappa shape index (κ2) is 14.9. The van der Waals surface area contributed by atoms with Crippen LogP contribution in [0.15, 0.2) is 30.4 Å². The molecule has 3 heterocycles. The van der Waals surface area contributed by atoms with E-state index in [9.17, 15) is 36.8 Å². The minimum absolute atomic E-state index is 0.00427. The Kier molecular flexibility index (Phi) is 10.4. The predicted molar refractivity (Wildman–Crippen MR) is 188 cm³/mol. The van der Waals surface area contributed by atoms with Crippen molar-refractivity contribution in [2.24, 2.45) is 11.8 Å². The van der Waals surface area contributed by atoms with E-state index in [2.05, 4.69) is 22.3 Å². The number of halogens is 1. The minimum Gasteiger partial charge on any atom is -0.446 e.